The fourth-order valence-corrected chi connectivity index (χ4v) is 2.02. The minimum Gasteiger partial charge on any atom is -0.377 e. The molecule has 0 bridgehead atoms. The highest BCUT2D eigenvalue weighted by molar-refractivity contribution is 7.98. The summed E-state index contributed by atoms with van der Waals surface area (Å²) in [6, 6.07) is 1.86. The quantitative estimate of drug-likeness (QED) is 0.791. The SMILES string of the molecule is COCc1cc(CSc2nnc(N)n2C)no1. The van der Waals surface area contributed by atoms with Crippen molar-refractivity contribution in [3.05, 3.63) is 17.5 Å². The zero-order valence-electron chi connectivity index (χ0n) is 9.58. The average molecular weight is 255 g/mol. The van der Waals surface area contributed by atoms with Crippen LogP contribution in [0.25, 0.3) is 0 Å². The minimum atomic E-state index is 0.396. The monoisotopic (exact) mass is 255 g/mol. The first-order valence-corrected chi connectivity index (χ1v) is 5.90. The van der Waals surface area contributed by atoms with Crippen LogP contribution in [0.15, 0.2) is 15.7 Å². The Labute approximate surface area is 102 Å². The number of hydrogen-bond donors (Lipinski definition) is 1. The summed E-state index contributed by atoms with van der Waals surface area (Å²) in [6.07, 6.45) is 0. The molecule has 0 spiro atoms. The molecule has 0 amide bonds. The van der Waals surface area contributed by atoms with Crippen LogP contribution in [0.1, 0.15) is 11.5 Å². The molecule has 0 aliphatic rings. The van der Waals surface area contributed by atoms with Crippen molar-refractivity contribution in [1.82, 2.24) is 19.9 Å². The van der Waals surface area contributed by atoms with Gasteiger partial charge in [-0.25, -0.2) is 0 Å². The van der Waals surface area contributed by atoms with Gasteiger partial charge in [-0.1, -0.05) is 16.9 Å². The summed E-state index contributed by atoms with van der Waals surface area (Å²) < 4.78 is 11.7. The number of nitrogen functional groups attached to an aromatic ring is 1. The van der Waals surface area contributed by atoms with Gasteiger partial charge in [0.15, 0.2) is 10.9 Å². The number of nitrogens with two attached hydrogens (primary N) is 1. The Morgan fingerprint density at radius 3 is 3.00 bits per heavy atom. The van der Waals surface area contributed by atoms with Crippen molar-refractivity contribution < 1.29 is 9.26 Å². The van der Waals surface area contributed by atoms with Crippen LogP contribution in [0.2, 0.25) is 0 Å². The van der Waals surface area contributed by atoms with Crippen LogP contribution in [0.3, 0.4) is 0 Å². The smallest absolute Gasteiger partial charge is 0.222 e. The summed E-state index contributed by atoms with van der Waals surface area (Å²) in [4.78, 5) is 0. The largest absolute Gasteiger partial charge is 0.377 e. The summed E-state index contributed by atoms with van der Waals surface area (Å²) >= 11 is 1.50. The maximum atomic E-state index is 5.58. The van der Waals surface area contributed by atoms with Gasteiger partial charge in [-0.2, -0.15) is 0 Å². The third kappa shape index (κ3) is 2.77. The van der Waals surface area contributed by atoms with Crippen molar-refractivity contribution in [3.63, 3.8) is 0 Å². The van der Waals surface area contributed by atoms with E-state index < -0.39 is 0 Å². The summed E-state index contributed by atoms with van der Waals surface area (Å²) in [6.45, 7) is 0.425. The molecule has 0 radical (unpaired) electrons. The van der Waals surface area contributed by atoms with E-state index >= 15 is 0 Å². The second-order valence-electron chi connectivity index (χ2n) is 3.41. The van der Waals surface area contributed by atoms with Gasteiger partial charge in [-0.3, -0.25) is 4.57 Å². The molecule has 2 N–H and O–H groups in total. The fourth-order valence-electron chi connectivity index (χ4n) is 1.22. The van der Waals surface area contributed by atoms with Crippen molar-refractivity contribution >= 4 is 17.7 Å². The summed E-state index contributed by atoms with van der Waals surface area (Å²) in [7, 11) is 3.43. The van der Waals surface area contributed by atoms with Crippen LogP contribution in [0.4, 0.5) is 5.95 Å². The van der Waals surface area contributed by atoms with E-state index in [0.29, 0.717) is 24.1 Å². The third-order valence-corrected chi connectivity index (χ3v) is 3.17. The Balaban J connectivity index is 1.95. The van der Waals surface area contributed by atoms with E-state index in [2.05, 4.69) is 15.4 Å². The van der Waals surface area contributed by atoms with Crippen LogP contribution in [-0.4, -0.2) is 27.0 Å². The number of anilines is 1. The minimum absolute atomic E-state index is 0.396. The van der Waals surface area contributed by atoms with E-state index in [1.54, 1.807) is 11.7 Å². The van der Waals surface area contributed by atoms with Crippen LogP contribution in [0, 0.1) is 0 Å². The lowest BCUT2D eigenvalue weighted by Gasteiger charge is -1.98. The Morgan fingerprint density at radius 2 is 2.35 bits per heavy atom. The van der Waals surface area contributed by atoms with Crippen molar-refractivity contribution in [3.8, 4) is 0 Å². The maximum absolute atomic E-state index is 5.58. The van der Waals surface area contributed by atoms with Crippen molar-refractivity contribution in [2.75, 3.05) is 12.8 Å². The van der Waals surface area contributed by atoms with E-state index in [1.807, 2.05) is 13.1 Å². The Hall–Kier alpha value is -1.54. The number of ether oxygens (including phenoxy) is 1. The van der Waals surface area contributed by atoms with Crippen molar-refractivity contribution in [1.29, 1.82) is 0 Å². The standard InChI is InChI=1S/C9H13N5O2S/c1-14-8(10)11-12-9(14)17-5-6-3-7(4-15-2)16-13-6/h3H,4-5H2,1-2H3,(H2,10,11). The van der Waals surface area contributed by atoms with Gasteiger partial charge in [0.2, 0.25) is 5.95 Å². The number of methoxy groups -OCH3 is 1. The zero-order valence-corrected chi connectivity index (χ0v) is 10.4. The number of nitrogens with zero attached hydrogens (tertiary/aromatic N) is 4. The van der Waals surface area contributed by atoms with E-state index in [1.165, 1.54) is 11.8 Å². The van der Waals surface area contributed by atoms with Gasteiger partial charge in [0.25, 0.3) is 0 Å². The van der Waals surface area contributed by atoms with Crippen LogP contribution in [-0.2, 0) is 24.1 Å². The lowest BCUT2D eigenvalue weighted by atomic mass is 10.4. The first-order valence-electron chi connectivity index (χ1n) is 4.91. The number of hydrogen-bond acceptors (Lipinski definition) is 7. The number of rotatable bonds is 5. The molecule has 2 heterocycles. The molecule has 0 fully saturated rings. The van der Waals surface area contributed by atoms with Gasteiger partial charge in [0, 0.05) is 26.0 Å². The second kappa shape index (κ2) is 5.19. The summed E-state index contributed by atoms with van der Waals surface area (Å²) in [5.74, 6) is 1.76. The van der Waals surface area contributed by atoms with Gasteiger partial charge in [-0.15, -0.1) is 10.2 Å². The lowest BCUT2D eigenvalue weighted by Crippen LogP contribution is -1.98. The predicted molar refractivity (Wildman–Crippen MR) is 62.2 cm³/mol. The molecular weight excluding hydrogens is 242 g/mol. The van der Waals surface area contributed by atoms with E-state index in [0.717, 1.165) is 10.9 Å². The second-order valence-corrected chi connectivity index (χ2v) is 4.35. The third-order valence-electron chi connectivity index (χ3n) is 2.11. The van der Waals surface area contributed by atoms with Crippen LogP contribution >= 0.6 is 11.8 Å². The molecule has 2 aromatic rings. The first kappa shape index (κ1) is 11.9. The average Bonchev–Trinajstić information content (AvgIpc) is 2.87. The molecule has 0 aliphatic heterocycles. The first-order chi connectivity index (χ1) is 8.20. The molecule has 7 nitrogen and oxygen atoms in total. The molecule has 0 atom stereocenters. The van der Waals surface area contributed by atoms with Crippen LogP contribution in [0.5, 0.6) is 0 Å². The highest BCUT2D eigenvalue weighted by atomic mass is 32.2. The maximum Gasteiger partial charge on any atom is 0.222 e. The van der Waals surface area contributed by atoms with Crippen molar-refractivity contribution in [2.45, 2.75) is 17.5 Å². The Morgan fingerprint density at radius 1 is 1.53 bits per heavy atom. The highest BCUT2D eigenvalue weighted by Crippen LogP contribution is 2.21. The van der Waals surface area contributed by atoms with Crippen molar-refractivity contribution in [2.24, 2.45) is 7.05 Å². The van der Waals surface area contributed by atoms with Gasteiger partial charge in [0.05, 0.1) is 5.69 Å². The van der Waals surface area contributed by atoms with Gasteiger partial charge < -0.3 is 15.0 Å². The molecular formula is C9H13N5O2S. The fraction of sp³-hybridized carbons (Fsp3) is 0.444. The van der Waals surface area contributed by atoms with E-state index in [9.17, 15) is 0 Å². The van der Waals surface area contributed by atoms with Gasteiger partial charge >= 0.3 is 0 Å². The normalized spacial score (nSPS) is 10.9. The molecule has 8 heteroatoms. The lowest BCUT2D eigenvalue weighted by molar-refractivity contribution is 0.156. The summed E-state index contributed by atoms with van der Waals surface area (Å²) in [5.41, 5.74) is 6.42. The molecule has 0 unspecified atom stereocenters. The number of thioether (sulfide) groups is 1. The van der Waals surface area contributed by atoms with E-state index in [-0.39, 0.29) is 0 Å². The summed E-state index contributed by atoms with van der Waals surface area (Å²) in [5, 5.41) is 12.4. The number of aromatic nitrogens is 4. The van der Waals surface area contributed by atoms with Crippen LogP contribution < -0.4 is 5.73 Å². The predicted octanol–water partition coefficient (Wildman–Crippen LogP) is 0.824. The molecule has 92 valence electrons. The topological polar surface area (TPSA) is 92.0 Å². The van der Waals surface area contributed by atoms with Gasteiger partial charge in [0.1, 0.15) is 6.61 Å². The molecule has 0 aliphatic carbocycles. The molecule has 2 aromatic heterocycles. The Kier molecular flexibility index (Phi) is 3.64. The van der Waals surface area contributed by atoms with Gasteiger partial charge in [-0.05, 0) is 0 Å². The van der Waals surface area contributed by atoms with E-state index in [4.69, 9.17) is 15.0 Å². The molecule has 2 rings (SSSR count). The molecule has 0 saturated heterocycles. The Bertz CT molecular complexity index is 495. The highest BCUT2D eigenvalue weighted by Gasteiger charge is 2.09. The molecule has 0 saturated carbocycles. The molecule has 17 heavy (non-hydrogen) atoms. The molecule has 0 aromatic carbocycles. The zero-order chi connectivity index (χ0) is 12.3.